The van der Waals surface area contributed by atoms with Crippen LogP contribution in [0.2, 0.25) is 0 Å². The average molecular weight is 346 g/mol. The number of anilines is 1. The average Bonchev–Trinajstić information content (AvgIpc) is 2.75. The van der Waals surface area contributed by atoms with Crippen molar-refractivity contribution in [3.8, 4) is 5.75 Å². The van der Waals surface area contributed by atoms with Crippen LogP contribution >= 0.6 is 0 Å². The zero-order valence-corrected chi connectivity index (χ0v) is 12.3. The summed E-state index contributed by atoms with van der Waals surface area (Å²) in [6.45, 7) is 0. The number of nitrogens with two attached hydrogens (primary N) is 1. The molecule has 3 rings (SSSR count). The number of fused-ring (bicyclic) bond motifs is 1. The molecule has 0 aromatic heterocycles. The summed E-state index contributed by atoms with van der Waals surface area (Å²) in [6.07, 6.45) is 0. The van der Waals surface area contributed by atoms with E-state index >= 15 is 0 Å². The molecule has 2 aromatic carbocycles. The van der Waals surface area contributed by atoms with Crippen LogP contribution in [-0.2, 0) is 0 Å². The Bertz CT molecular complexity index is 667. The van der Waals surface area contributed by atoms with Crippen molar-refractivity contribution in [2.45, 2.75) is 0 Å². The molecule has 0 fully saturated rings. The Labute approximate surface area is 114 Å². The molecule has 1 heterocycles. The van der Waals surface area contributed by atoms with Gasteiger partial charge in [-0.1, -0.05) is 0 Å². The van der Waals surface area contributed by atoms with Gasteiger partial charge in [0.25, 0.3) is 0 Å². The summed E-state index contributed by atoms with van der Waals surface area (Å²) >= 11 is -0.834. The number of phenols is 1. The maximum absolute atomic E-state index is 13.2. The molecule has 2 nitrogen and oxygen atoms in total. The molecule has 1 aliphatic rings. The van der Waals surface area contributed by atoms with Crippen molar-refractivity contribution in [2.75, 3.05) is 5.73 Å². The van der Waals surface area contributed by atoms with Gasteiger partial charge >= 0.3 is 114 Å². The monoisotopic (exact) mass is 347 g/mol. The second-order valence-corrected chi connectivity index (χ2v) is 7.35. The summed E-state index contributed by atoms with van der Waals surface area (Å²) in [5, 5.41) is 9.43. The Hall–Kier alpha value is -1.49. The zero-order chi connectivity index (χ0) is 12.7. The second kappa shape index (κ2) is 4.31. The SMILES string of the molecule is Nc1cc(C2=[CH][Sn][c]3cc(F)ccc32)ccc1O. The van der Waals surface area contributed by atoms with Crippen LogP contribution < -0.4 is 9.31 Å². The minimum absolute atomic E-state index is 0.0941. The molecule has 0 bridgehead atoms. The quantitative estimate of drug-likeness (QED) is 0.470. The number of halogens is 1. The van der Waals surface area contributed by atoms with Gasteiger partial charge in [-0.05, 0) is 0 Å². The van der Waals surface area contributed by atoms with Gasteiger partial charge in [0, 0.05) is 0 Å². The van der Waals surface area contributed by atoms with Gasteiger partial charge in [0.15, 0.2) is 0 Å². The Morgan fingerprint density at radius 1 is 1.11 bits per heavy atom. The van der Waals surface area contributed by atoms with Crippen LogP contribution in [0.15, 0.2) is 40.5 Å². The second-order valence-electron chi connectivity index (χ2n) is 4.17. The van der Waals surface area contributed by atoms with Crippen molar-refractivity contribution in [3.05, 3.63) is 57.4 Å². The topological polar surface area (TPSA) is 46.2 Å². The molecular weight excluding hydrogens is 336 g/mol. The van der Waals surface area contributed by atoms with Crippen molar-refractivity contribution >= 4 is 36.0 Å². The summed E-state index contributed by atoms with van der Waals surface area (Å²) in [5.41, 5.74) is 9.28. The van der Waals surface area contributed by atoms with E-state index in [9.17, 15) is 9.50 Å². The first-order valence-electron chi connectivity index (χ1n) is 5.50. The molecule has 2 radical (unpaired) electrons. The van der Waals surface area contributed by atoms with E-state index in [1.807, 2.05) is 12.1 Å². The summed E-state index contributed by atoms with van der Waals surface area (Å²) in [4.78, 5) is 0. The van der Waals surface area contributed by atoms with E-state index in [-0.39, 0.29) is 11.6 Å². The van der Waals surface area contributed by atoms with Gasteiger partial charge in [0.05, 0.1) is 0 Å². The zero-order valence-electron chi connectivity index (χ0n) is 9.44. The number of hydrogen-bond donors (Lipinski definition) is 2. The molecular formula is C14H10FNOSn. The van der Waals surface area contributed by atoms with Crippen LogP contribution in [0, 0.1) is 5.82 Å². The molecule has 0 amide bonds. The third-order valence-corrected chi connectivity index (χ3v) is 6.29. The van der Waals surface area contributed by atoms with Gasteiger partial charge in [0.2, 0.25) is 0 Å². The van der Waals surface area contributed by atoms with E-state index < -0.39 is 21.1 Å². The molecule has 0 aliphatic carbocycles. The Balaban J connectivity index is 2.08. The van der Waals surface area contributed by atoms with Gasteiger partial charge in [0.1, 0.15) is 0 Å². The van der Waals surface area contributed by atoms with Crippen molar-refractivity contribution < 1.29 is 9.50 Å². The Kier molecular flexibility index (Phi) is 2.78. The number of aromatic hydroxyl groups is 1. The molecule has 88 valence electrons. The fourth-order valence-electron chi connectivity index (χ4n) is 2.06. The molecule has 4 heteroatoms. The molecule has 0 spiro atoms. The molecule has 0 saturated carbocycles. The van der Waals surface area contributed by atoms with E-state index in [0.717, 1.165) is 20.3 Å². The molecule has 3 N–H and O–H groups in total. The Morgan fingerprint density at radius 3 is 2.72 bits per heavy atom. The summed E-state index contributed by atoms with van der Waals surface area (Å²) in [6, 6.07) is 10.1. The number of phenolic OH excluding ortho intramolecular Hbond substituents is 1. The van der Waals surface area contributed by atoms with Crippen LogP contribution in [0.5, 0.6) is 5.75 Å². The van der Waals surface area contributed by atoms with Gasteiger partial charge < -0.3 is 0 Å². The third kappa shape index (κ3) is 1.88. The number of hydrogen-bond acceptors (Lipinski definition) is 2. The van der Waals surface area contributed by atoms with E-state index in [1.54, 1.807) is 18.2 Å². The third-order valence-electron chi connectivity index (χ3n) is 2.98. The van der Waals surface area contributed by atoms with Crippen LogP contribution in [-0.4, -0.2) is 26.2 Å². The molecule has 0 saturated heterocycles. The number of nitrogen functional groups attached to an aromatic ring is 1. The van der Waals surface area contributed by atoms with E-state index in [2.05, 4.69) is 4.09 Å². The van der Waals surface area contributed by atoms with Crippen molar-refractivity contribution in [2.24, 2.45) is 0 Å². The molecule has 1 aliphatic heterocycles. The van der Waals surface area contributed by atoms with Crippen LogP contribution in [0.4, 0.5) is 10.1 Å². The fourth-order valence-corrected chi connectivity index (χ4v) is 5.53. The number of rotatable bonds is 1. The summed E-state index contributed by atoms with van der Waals surface area (Å²) in [7, 11) is 0. The number of benzene rings is 2. The molecule has 0 atom stereocenters. The summed E-state index contributed by atoms with van der Waals surface area (Å²) < 4.78 is 16.5. The molecule has 2 aromatic rings. The van der Waals surface area contributed by atoms with Gasteiger partial charge in [-0.3, -0.25) is 0 Å². The predicted molar refractivity (Wildman–Crippen MR) is 71.4 cm³/mol. The normalized spacial score (nSPS) is 13.3. The van der Waals surface area contributed by atoms with Gasteiger partial charge in [-0.25, -0.2) is 0 Å². The van der Waals surface area contributed by atoms with Crippen LogP contribution in [0.1, 0.15) is 11.1 Å². The van der Waals surface area contributed by atoms with E-state index in [0.29, 0.717) is 5.69 Å². The predicted octanol–water partition coefficient (Wildman–Crippen LogP) is 1.85. The van der Waals surface area contributed by atoms with E-state index in [1.165, 1.54) is 6.07 Å². The summed E-state index contributed by atoms with van der Waals surface area (Å²) in [5.74, 6) is -0.0776. The van der Waals surface area contributed by atoms with Crippen LogP contribution in [0.25, 0.3) is 5.57 Å². The van der Waals surface area contributed by atoms with E-state index in [4.69, 9.17) is 5.73 Å². The molecule has 18 heavy (non-hydrogen) atoms. The first-order valence-corrected chi connectivity index (χ1v) is 8.58. The van der Waals surface area contributed by atoms with Crippen LogP contribution in [0.3, 0.4) is 0 Å². The Morgan fingerprint density at radius 2 is 1.94 bits per heavy atom. The molecule has 0 unspecified atom stereocenters. The van der Waals surface area contributed by atoms with Crippen molar-refractivity contribution in [3.63, 3.8) is 0 Å². The van der Waals surface area contributed by atoms with Crippen molar-refractivity contribution in [1.29, 1.82) is 0 Å². The maximum atomic E-state index is 13.2. The van der Waals surface area contributed by atoms with Crippen molar-refractivity contribution in [1.82, 2.24) is 0 Å². The fraction of sp³-hybridized carbons (Fsp3) is 0. The minimum atomic E-state index is -0.834. The van der Waals surface area contributed by atoms with Gasteiger partial charge in [-0.15, -0.1) is 0 Å². The standard InChI is InChI=1S/C14H10FNO.Sn/c1-9(10-2-5-12(15)6-3-10)11-4-7-14(17)13(16)8-11;/h1-2,4-8,17H,16H2;. The first kappa shape index (κ1) is 11.6. The van der Waals surface area contributed by atoms with Gasteiger partial charge in [-0.2, -0.15) is 0 Å². The first-order chi connectivity index (χ1) is 8.65.